The van der Waals surface area contributed by atoms with E-state index in [4.69, 9.17) is 5.73 Å². The molecule has 2 aromatic rings. The van der Waals surface area contributed by atoms with Crippen LogP contribution in [0.15, 0.2) is 47.4 Å². The van der Waals surface area contributed by atoms with E-state index < -0.39 is 27.3 Å². The molecule has 0 fully saturated rings. The van der Waals surface area contributed by atoms with Crippen molar-refractivity contribution in [2.75, 3.05) is 10.5 Å². The number of hydrogen-bond acceptors (Lipinski definition) is 3. The second-order valence-electron chi connectivity index (χ2n) is 3.77. The third-order valence-corrected chi connectivity index (χ3v) is 3.76. The molecule has 0 heterocycles. The number of nitrogen functional groups attached to an aromatic ring is 1. The van der Waals surface area contributed by atoms with Crippen LogP contribution in [0.5, 0.6) is 0 Å². The fraction of sp³-hybridized carbons (Fsp3) is 0. The average Bonchev–Trinajstić information content (AvgIpc) is 2.35. The molecule has 7 heteroatoms. The summed E-state index contributed by atoms with van der Waals surface area (Å²) >= 11 is 0. The van der Waals surface area contributed by atoms with E-state index in [0.717, 1.165) is 18.2 Å². The van der Waals surface area contributed by atoms with Gasteiger partial charge in [-0.2, -0.15) is 0 Å². The van der Waals surface area contributed by atoms with E-state index in [1.54, 1.807) is 0 Å². The molecule has 4 nitrogen and oxygen atoms in total. The van der Waals surface area contributed by atoms with E-state index in [9.17, 15) is 17.2 Å². The Morgan fingerprint density at radius 1 is 0.947 bits per heavy atom. The molecular formula is C12H10F2N2O2S. The number of benzene rings is 2. The summed E-state index contributed by atoms with van der Waals surface area (Å²) in [6.07, 6.45) is 0. The SMILES string of the molecule is Nc1ccc(S(=O)(=O)Nc2c(F)cccc2F)cc1. The minimum Gasteiger partial charge on any atom is -0.399 e. The van der Waals surface area contributed by atoms with Crippen LogP contribution in [-0.2, 0) is 10.0 Å². The van der Waals surface area contributed by atoms with E-state index in [2.05, 4.69) is 0 Å². The lowest BCUT2D eigenvalue weighted by Crippen LogP contribution is -2.15. The summed E-state index contributed by atoms with van der Waals surface area (Å²) in [5.74, 6) is -1.97. The lowest BCUT2D eigenvalue weighted by atomic mass is 10.3. The summed E-state index contributed by atoms with van der Waals surface area (Å²) in [5.41, 5.74) is 5.11. The lowest BCUT2D eigenvalue weighted by molar-refractivity contribution is 0.583. The van der Waals surface area contributed by atoms with Crippen molar-refractivity contribution in [1.29, 1.82) is 0 Å². The summed E-state index contributed by atoms with van der Waals surface area (Å²) in [6.45, 7) is 0. The second-order valence-corrected chi connectivity index (χ2v) is 5.45. The largest absolute Gasteiger partial charge is 0.399 e. The molecule has 0 aromatic heterocycles. The first-order valence-corrected chi connectivity index (χ1v) is 6.71. The van der Waals surface area contributed by atoms with Crippen LogP contribution < -0.4 is 10.5 Å². The van der Waals surface area contributed by atoms with Gasteiger partial charge in [-0.1, -0.05) is 6.07 Å². The van der Waals surface area contributed by atoms with Crippen LogP contribution in [0.2, 0.25) is 0 Å². The summed E-state index contributed by atoms with van der Waals surface area (Å²) in [5, 5.41) is 0. The molecule has 0 unspecified atom stereocenters. The van der Waals surface area contributed by atoms with Crippen molar-refractivity contribution in [3.63, 3.8) is 0 Å². The Bertz CT molecular complexity index is 680. The summed E-state index contributed by atoms with van der Waals surface area (Å²) in [6, 6.07) is 8.32. The smallest absolute Gasteiger partial charge is 0.262 e. The van der Waals surface area contributed by atoms with E-state index in [1.165, 1.54) is 24.3 Å². The molecule has 0 atom stereocenters. The normalized spacial score (nSPS) is 11.3. The monoisotopic (exact) mass is 284 g/mol. The number of rotatable bonds is 3. The molecule has 0 bridgehead atoms. The van der Waals surface area contributed by atoms with Gasteiger partial charge in [-0.15, -0.1) is 0 Å². The van der Waals surface area contributed by atoms with Crippen LogP contribution >= 0.6 is 0 Å². The molecule has 0 saturated carbocycles. The highest BCUT2D eigenvalue weighted by Gasteiger charge is 2.18. The van der Waals surface area contributed by atoms with Crippen LogP contribution in [-0.4, -0.2) is 8.42 Å². The third-order valence-electron chi connectivity index (χ3n) is 2.39. The molecule has 0 saturated heterocycles. The fourth-order valence-electron chi connectivity index (χ4n) is 1.44. The first-order valence-electron chi connectivity index (χ1n) is 5.22. The van der Waals surface area contributed by atoms with Gasteiger partial charge in [0.05, 0.1) is 4.90 Å². The van der Waals surface area contributed by atoms with Crippen LogP contribution in [0.3, 0.4) is 0 Å². The summed E-state index contributed by atoms with van der Waals surface area (Å²) < 4.78 is 52.5. The molecule has 2 aromatic carbocycles. The average molecular weight is 284 g/mol. The zero-order valence-corrected chi connectivity index (χ0v) is 10.4. The van der Waals surface area contributed by atoms with Crippen LogP contribution in [0.4, 0.5) is 20.2 Å². The first-order chi connectivity index (χ1) is 8.90. The predicted octanol–water partition coefficient (Wildman–Crippen LogP) is 2.35. The number of anilines is 2. The standard InChI is InChI=1S/C12H10F2N2O2S/c13-10-2-1-3-11(14)12(10)16-19(17,18)9-6-4-8(15)5-7-9/h1-7,16H,15H2. The molecular weight excluding hydrogens is 274 g/mol. The Labute approximate surface area is 108 Å². The van der Waals surface area contributed by atoms with E-state index in [0.29, 0.717) is 5.69 Å². The zero-order chi connectivity index (χ0) is 14.0. The molecule has 2 rings (SSSR count). The van der Waals surface area contributed by atoms with Gasteiger partial charge < -0.3 is 5.73 Å². The van der Waals surface area contributed by atoms with Crippen molar-refractivity contribution in [1.82, 2.24) is 0 Å². The second kappa shape index (κ2) is 4.85. The topological polar surface area (TPSA) is 72.2 Å². The van der Waals surface area contributed by atoms with Gasteiger partial charge in [0.2, 0.25) is 0 Å². The molecule has 0 amide bonds. The summed E-state index contributed by atoms with van der Waals surface area (Å²) in [7, 11) is -4.06. The van der Waals surface area contributed by atoms with Crippen LogP contribution in [0, 0.1) is 11.6 Å². The summed E-state index contributed by atoms with van der Waals surface area (Å²) in [4.78, 5) is -0.135. The number of sulfonamides is 1. The van der Waals surface area contributed by atoms with Gasteiger partial charge in [0, 0.05) is 5.69 Å². The van der Waals surface area contributed by atoms with Gasteiger partial charge in [0.15, 0.2) is 0 Å². The minimum absolute atomic E-state index is 0.135. The number of halogens is 2. The highest BCUT2D eigenvalue weighted by molar-refractivity contribution is 7.92. The minimum atomic E-state index is -4.06. The van der Waals surface area contributed by atoms with Crippen LogP contribution in [0.25, 0.3) is 0 Å². The van der Waals surface area contributed by atoms with E-state index in [-0.39, 0.29) is 4.90 Å². The highest BCUT2D eigenvalue weighted by atomic mass is 32.2. The van der Waals surface area contributed by atoms with Crippen molar-refractivity contribution in [2.24, 2.45) is 0 Å². The zero-order valence-electron chi connectivity index (χ0n) is 9.60. The maximum Gasteiger partial charge on any atom is 0.262 e. The molecule has 0 spiro atoms. The van der Waals surface area contributed by atoms with Gasteiger partial charge in [0.25, 0.3) is 10.0 Å². The van der Waals surface area contributed by atoms with Gasteiger partial charge in [-0.25, -0.2) is 17.2 Å². The van der Waals surface area contributed by atoms with E-state index in [1.807, 2.05) is 4.72 Å². The lowest BCUT2D eigenvalue weighted by Gasteiger charge is -2.09. The Morgan fingerprint density at radius 3 is 2.00 bits per heavy atom. The van der Waals surface area contributed by atoms with Gasteiger partial charge in [-0.05, 0) is 36.4 Å². The van der Waals surface area contributed by atoms with Crippen molar-refractivity contribution in [3.05, 3.63) is 54.1 Å². The predicted molar refractivity (Wildman–Crippen MR) is 68.0 cm³/mol. The third kappa shape index (κ3) is 2.82. The number of nitrogens with one attached hydrogen (secondary N) is 1. The van der Waals surface area contributed by atoms with Crippen LogP contribution in [0.1, 0.15) is 0 Å². The van der Waals surface area contributed by atoms with Gasteiger partial charge >= 0.3 is 0 Å². The number of para-hydroxylation sites is 1. The maximum absolute atomic E-state index is 13.4. The van der Waals surface area contributed by atoms with Gasteiger partial charge in [0.1, 0.15) is 17.3 Å². The molecule has 0 aliphatic carbocycles. The molecule has 0 aliphatic rings. The van der Waals surface area contributed by atoms with Crippen molar-refractivity contribution < 1.29 is 17.2 Å². The Kier molecular flexibility index (Phi) is 3.39. The molecule has 19 heavy (non-hydrogen) atoms. The Hall–Kier alpha value is -2.15. The molecule has 0 aliphatic heterocycles. The number of nitrogens with two attached hydrogens (primary N) is 1. The van der Waals surface area contributed by atoms with Crippen molar-refractivity contribution in [3.8, 4) is 0 Å². The van der Waals surface area contributed by atoms with Crippen molar-refractivity contribution in [2.45, 2.75) is 4.90 Å². The molecule has 100 valence electrons. The Morgan fingerprint density at radius 2 is 1.47 bits per heavy atom. The fourth-order valence-corrected chi connectivity index (χ4v) is 2.51. The first kappa shape index (κ1) is 13.3. The van der Waals surface area contributed by atoms with E-state index >= 15 is 0 Å². The quantitative estimate of drug-likeness (QED) is 0.850. The molecule has 0 radical (unpaired) electrons. The highest BCUT2D eigenvalue weighted by Crippen LogP contribution is 2.22. The number of hydrogen-bond donors (Lipinski definition) is 2. The Balaban J connectivity index is 2.39. The van der Waals surface area contributed by atoms with Gasteiger partial charge in [-0.3, -0.25) is 4.72 Å². The van der Waals surface area contributed by atoms with Crippen molar-refractivity contribution >= 4 is 21.4 Å². The molecule has 3 N–H and O–H groups in total. The maximum atomic E-state index is 13.4.